The molecule has 0 aliphatic carbocycles. The van der Waals surface area contributed by atoms with Gasteiger partial charge in [0.2, 0.25) is 0 Å². The van der Waals surface area contributed by atoms with Crippen LogP contribution in [0.3, 0.4) is 0 Å². The number of aromatic hydroxyl groups is 2. The molecule has 0 saturated heterocycles. The summed E-state index contributed by atoms with van der Waals surface area (Å²) in [6.07, 6.45) is 4.46. The lowest BCUT2D eigenvalue weighted by atomic mass is 9.99. The summed E-state index contributed by atoms with van der Waals surface area (Å²) in [5.74, 6) is -4.14. The van der Waals surface area contributed by atoms with Crippen LogP contribution in [0.25, 0.3) is 55.3 Å². The number of carboxylic acid groups (broad SMARTS) is 2. The molecule has 17 nitrogen and oxygen atoms in total. The molecule has 378 valence electrons. The number of nitrogens with one attached hydrogen (secondary N) is 2. The quantitative estimate of drug-likeness (QED) is 0.0496. The Morgan fingerprint density at radius 2 is 1.04 bits per heavy atom. The number of fused-ring (bicyclic) bond motifs is 2. The third-order valence-electron chi connectivity index (χ3n) is 12.6. The molecule has 5 aromatic heterocycles. The minimum atomic E-state index is -1.07. The van der Waals surface area contributed by atoms with Gasteiger partial charge < -0.3 is 31.1 Å². The van der Waals surface area contributed by atoms with Crippen molar-refractivity contribution in [2.24, 2.45) is 0 Å². The van der Waals surface area contributed by atoms with Crippen molar-refractivity contribution in [3.8, 4) is 45.0 Å². The van der Waals surface area contributed by atoms with E-state index in [4.69, 9.17) is 10.2 Å². The smallest absolute Gasteiger partial charge is 0.305 e. The molecule has 4 aromatic carbocycles. The van der Waals surface area contributed by atoms with Gasteiger partial charge in [0.05, 0.1) is 41.4 Å². The summed E-state index contributed by atoms with van der Waals surface area (Å²) in [5, 5.41) is 45.9. The molecule has 0 fully saturated rings. The molecule has 6 N–H and O–H groups in total. The number of carbonyl (C=O) groups excluding carboxylic acids is 2. The number of rotatable bonds is 16. The number of carbonyl (C=O) groups is 4. The van der Waals surface area contributed by atoms with Gasteiger partial charge in [-0.1, -0.05) is 121 Å². The van der Waals surface area contributed by atoms with Gasteiger partial charge in [0.25, 0.3) is 22.9 Å². The predicted octanol–water partition coefficient (Wildman–Crippen LogP) is 8.62. The molecular formula is C58H51N7O10. The number of aromatic nitrogens is 5. The fourth-order valence-electron chi connectivity index (χ4n) is 8.77. The Hall–Kier alpha value is -9.77. The van der Waals surface area contributed by atoms with Crippen LogP contribution in [0.15, 0.2) is 174 Å². The molecule has 0 aliphatic heterocycles. The molecule has 0 unspecified atom stereocenters. The zero-order valence-electron chi connectivity index (χ0n) is 40.8. The first-order valence-electron chi connectivity index (χ1n) is 24.0. The Bertz CT molecular complexity index is 3670. The van der Waals surface area contributed by atoms with Crippen LogP contribution in [0, 0.1) is 0 Å². The lowest BCUT2D eigenvalue weighted by Gasteiger charge is -2.23. The zero-order valence-corrected chi connectivity index (χ0v) is 40.8. The summed E-state index contributed by atoms with van der Waals surface area (Å²) in [5.41, 5.74) is 4.37. The van der Waals surface area contributed by atoms with E-state index >= 15 is 0 Å². The Morgan fingerprint density at radius 1 is 0.560 bits per heavy atom. The van der Waals surface area contributed by atoms with Gasteiger partial charge in [-0.3, -0.25) is 42.9 Å². The molecule has 0 bridgehead atoms. The third kappa shape index (κ3) is 11.3. The first kappa shape index (κ1) is 51.6. The largest absolute Gasteiger partial charge is 0.505 e. The van der Waals surface area contributed by atoms with Crippen LogP contribution < -0.4 is 21.8 Å². The van der Waals surface area contributed by atoms with Gasteiger partial charge in [-0.05, 0) is 66.8 Å². The van der Waals surface area contributed by atoms with Gasteiger partial charge >= 0.3 is 11.9 Å². The predicted molar refractivity (Wildman–Crippen MR) is 284 cm³/mol. The van der Waals surface area contributed by atoms with Crippen molar-refractivity contribution in [3.05, 3.63) is 207 Å². The lowest BCUT2D eigenvalue weighted by Crippen LogP contribution is -2.29. The van der Waals surface area contributed by atoms with Crippen LogP contribution in [0.1, 0.15) is 77.3 Å². The van der Waals surface area contributed by atoms with Crippen molar-refractivity contribution < 1.29 is 39.6 Å². The summed E-state index contributed by atoms with van der Waals surface area (Å²) in [4.78, 5) is 88.2. The first-order valence-corrected chi connectivity index (χ1v) is 24.0. The van der Waals surface area contributed by atoms with Crippen LogP contribution in [0.4, 0.5) is 0 Å². The molecular weight excluding hydrogens is 955 g/mol. The second-order valence-corrected chi connectivity index (χ2v) is 17.4. The third-order valence-corrected chi connectivity index (χ3v) is 12.6. The Balaban J connectivity index is 0.000000201. The molecule has 9 aromatic rings. The number of aliphatic carboxylic acids is 2. The van der Waals surface area contributed by atoms with Gasteiger partial charge in [-0.15, -0.1) is 0 Å². The van der Waals surface area contributed by atoms with Gasteiger partial charge in [0, 0.05) is 59.4 Å². The maximum atomic E-state index is 14.2. The van der Waals surface area contributed by atoms with Crippen molar-refractivity contribution in [1.82, 2.24) is 34.7 Å². The van der Waals surface area contributed by atoms with Crippen LogP contribution in [0.5, 0.6) is 11.5 Å². The standard InChI is InChI=1S/C31H26N4O5.C27H25N3O5/c1-19(20-9-4-2-5-10-20)35-28-24(17-23(31(35)40)21-11-6-3-7-12-21)29(38)27(30(39)33-16-14-25(36)37)34-26(28)22-13-8-15-32-18-22;1-17(18-9-4-2-5-10-18)30-22-16-29-24(26(34)28-14-8-13-23(31)32)25(33)21(22)15-20(27(30)35)19-11-6-3-7-12-19/h2-13,15,17-19,38H,14,16H2,1H3,(H,33,39)(H,36,37);2-7,9-12,15-17,33H,8,13-14H2,1H3,(H,28,34)(H,31,32)/t19-;17-/m00/s1. The number of benzene rings is 4. The van der Waals surface area contributed by atoms with Crippen molar-refractivity contribution in [3.63, 3.8) is 0 Å². The highest BCUT2D eigenvalue weighted by Gasteiger charge is 2.27. The van der Waals surface area contributed by atoms with E-state index in [1.807, 2.05) is 123 Å². The van der Waals surface area contributed by atoms with E-state index in [1.54, 1.807) is 57.9 Å². The zero-order chi connectivity index (χ0) is 53.2. The number of carboxylic acids is 2. The molecule has 17 heteroatoms. The number of pyridine rings is 5. The minimum absolute atomic E-state index is 0.0818. The maximum absolute atomic E-state index is 14.2. The fourth-order valence-corrected chi connectivity index (χ4v) is 8.77. The topological polar surface area (TPSA) is 256 Å². The second kappa shape index (κ2) is 23.2. The Labute approximate surface area is 429 Å². The number of amides is 2. The van der Waals surface area contributed by atoms with E-state index in [-0.39, 0.29) is 77.7 Å². The van der Waals surface area contributed by atoms with Gasteiger partial charge in [0.15, 0.2) is 22.9 Å². The fraction of sp³-hybridized carbons (Fsp3) is 0.155. The summed E-state index contributed by atoms with van der Waals surface area (Å²) >= 11 is 0. The van der Waals surface area contributed by atoms with Crippen LogP contribution in [0.2, 0.25) is 0 Å². The van der Waals surface area contributed by atoms with E-state index in [0.717, 1.165) is 11.1 Å². The summed E-state index contributed by atoms with van der Waals surface area (Å²) < 4.78 is 3.17. The summed E-state index contributed by atoms with van der Waals surface area (Å²) in [7, 11) is 0. The van der Waals surface area contributed by atoms with Gasteiger partial charge in [-0.25, -0.2) is 9.97 Å². The average molecular weight is 1010 g/mol. The monoisotopic (exact) mass is 1010 g/mol. The van der Waals surface area contributed by atoms with E-state index in [0.29, 0.717) is 44.2 Å². The van der Waals surface area contributed by atoms with E-state index in [2.05, 4.69) is 25.6 Å². The number of hydrogen-bond acceptors (Lipinski definition) is 11. The molecule has 0 spiro atoms. The van der Waals surface area contributed by atoms with E-state index in [9.17, 15) is 39.0 Å². The number of hydrogen-bond donors (Lipinski definition) is 6. The molecule has 2 atom stereocenters. The van der Waals surface area contributed by atoms with Crippen LogP contribution in [-0.4, -0.2) is 81.4 Å². The normalized spacial score (nSPS) is 11.8. The Morgan fingerprint density at radius 3 is 1.59 bits per heavy atom. The van der Waals surface area contributed by atoms with Gasteiger partial charge in [0.1, 0.15) is 0 Å². The SMILES string of the molecule is C[C@@H](c1ccccc1)n1c(=O)c(-c2ccccc2)cc2c(O)c(C(=O)NCCC(=O)O)nc(-c3cccnc3)c21.C[C@@H](c1ccccc1)n1c(=O)c(-c2ccccc2)cc2c(O)c(C(=O)NCCCC(=O)O)ncc21. The Kier molecular flexibility index (Phi) is 15.9. The highest BCUT2D eigenvalue weighted by Crippen LogP contribution is 2.38. The van der Waals surface area contributed by atoms with Crippen molar-refractivity contribution in [2.45, 2.75) is 45.2 Å². The van der Waals surface area contributed by atoms with E-state index in [1.165, 1.54) is 6.20 Å². The summed E-state index contributed by atoms with van der Waals surface area (Å²) in [6, 6.07) is 43.0. The minimum Gasteiger partial charge on any atom is -0.505 e. The maximum Gasteiger partial charge on any atom is 0.305 e. The van der Waals surface area contributed by atoms with Crippen molar-refractivity contribution in [1.29, 1.82) is 0 Å². The average Bonchev–Trinajstić information content (AvgIpc) is 3.43. The second-order valence-electron chi connectivity index (χ2n) is 17.4. The highest BCUT2D eigenvalue weighted by molar-refractivity contribution is 6.06. The van der Waals surface area contributed by atoms with Gasteiger partial charge in [-0.2, -0.15) is 0 Å². The van der Waals surface area contributed by atoms with E-state index < -0.39 is 35.5 Å². The van der Waals surface area contributed by atoms with Crippen LogP contribution in [-0.2, 0) is 9.59 Å². The molecule has 0 radical (unpaired) electrons. The molecule has 9 rings (SSSR count). The lowest BCUT2D eigenvalue weighted by molar-refractivity contribution is -0.138. The van der Waals surface area contributed by atoms with Crippen molar-refractivity contribution >= 4 is 45.6 Å². The molecule has 75 heavy (non-hydrogen) atoms. The molecule has 5 heterocycles. The highest BCUT2D eigenvalue weighted by atomic mass is 16.4. The molecule has 0 saturated carbocycles. The first-order chi connectivity index (χ1) is 36.2. The van der Waals surface area contributed by atoms with Crippen molar-refractivity contribution in [2.75, 3.05) is 13.1 Å². The van der Waals surface area contributed by atoms with Crippen LogP contribution >= 0.6 is 0 Å². The number of nitrogens with zero attached hydrogens (tertiary/aromatic N) is 5. The molecule has 0 aliphatic rings. The summed E-state index contributed by atoms with van der Waals surface area (Å²) in [6.45, 7) is 3.77. The molecule has 2 amide bonds.